The first kappa shape index (κ1) is 21.1. The first-order valence-corrected chi connectivity index (χ1v) is 11.4. The number of sulfonamides is 1. The molecule has 162 valence electrons. The van der Waals surface area contributed by atoms with Crippen molar-refractivity contribution in [3.8, 4) is 5.75 Å². The number of methoxy groups -OCH3 is 1. The van der Waals surface area contributed by atoms with Crippen LogP contribution in [-0.4, -0.2) is 37.5 Å². The summed E-state index contributed by atoms with van der Waals surface area (Å²) in [6, 6.07) is 12.9. The number of nitrogens with zero attached hydrogens (tertiary/aromatic N) is 3. The summed E-state index contributed by atoms with van der Waals surface area (Å²) in [4.78, 5) is 18.1. The van der Waals surface area contributed by atoms with Crippen molar-refractivity contribution in [3.63, 3.8) is 0 Å². The first-order valence-electron chi connectivity index (χ1n) is 9.93. The predicted molar refractivity (Wildman–Crippen MR) is 116 cm³/mol. The highest BCUT2D eigenvalue weighted by molar-refractivity contribution is 7.89. The fourth-order valence-corrected chi connectivity index (χ4v) is 4.85. The molecule has 0 saturated carbocycles. The second-order valence-electron chi connectivity index (χ2n) is 7.37. The van der Waals surface area contributed by atoms with Gasteiger partial charge >= 0.3 is 0 Å². The van der Waals surface area contributed by atoms with E-state index >= 15 is 0 Å². The smallest absolute Gasteiger partial charge is 0.241 e. The van der Waals surface area contributed by atoms with Gasteiger partial charge in [-0.05, 0) is 48.4 Å². The van der Waals surface area contributed by atoms with Crippen LogP contribution in [0.2, 0.25) is 0 Å². The standard InChI is InChI=1S/C22H24N4O4S/c1-25-15-13-23-22(25)21(16-5-9-18(30-2)10-6-16)24-31(28,29)19-11-7-17(8-12-19)26-14-3-4-20(26)27/h5-13,15,21,24H,3-4,14H2,1-2H3. The molecular formula is C22H24N4O4S. The zero-order valence-corrected chi connectivity index (χ0v) is 18.2. The lowest BCUT2D eigenvalue weighted by Gasteiger charge is -2.20. The highest BCUT2D eigenvalue weighted by Gasteiger charge is 2.27. The molecule has 2 aromatic carbocycles. The molecule has 3 aromatic rings. The van der Waals surface area contributed by atoms with E-state index in [9.17, 15) is 13.2 Å². The Morgan fingerprint density at radius 3 is 2.35 bits per heavy atom. The van der Waals surface area contributed by atoms with Crippen LogP contribution in [0.3, 0.4) is 0 Å². The van der Waals surface area contributed by atoms with Gasteiger partial charge in [-0.2, -0.15) is 4.72 Å². The van der Waals surface area contributed by atoms with E-state index in [4.69, 9.17) is 4.74 Å². The molecule has 8 nitrogen and oxygen atoms in total. The van der Waals surface area contributed by atoms with E-state index < -0.39 is 16.1 Å². The SMILES string of the molecule is COc1ccc(C(NS(=O)(=O)c2ccc(N3CCCC3=O)cc2)c2nccn2C)cc1. The number of anilines is 1. The maximum Gasteiger partial charge on any atom is 0.241 e. The second-order valence-corrected chi connectivity index (χ2v) is 9.08. The lowest BCUT2D eigenvalue weighted by molar-refractivity contribution is -0.117. The minimum absolute atomic E-state index is 0.0584. The van der Waals surface area contributed by atoms with Crippen LogP contribution in [-0.2, 0) is 21.9 Å². The third-order valence-electron chi connectivity index (χ3n) is 5.37. The second kappa shape index (κ2) is 8.52. The summed E-state index contributed by atoms with van der Waals surface area (Å²) in [5.74, 6) is 1.30. The minimum Gasteiger partial charge on any atom is -0.497 e. The van der Waals surface area contributed by atoms with Crippen molar-refractivity contribution in [1.82, 2.24) is 14.3 Å². The molecule has 0 spiro atoms. The fourth-order valence-electron chi connectivity index (χ4n) is 3.67. The van der Waals surface area contributed by atoms with E-state index in [0.717, 1.165) is 12.0 Å². The summed E-state index contributed by atoms with van der Waals surface area (Å²) < 4.78 is 36.1. The third-order valence-corrected chi connectivity index (χ3v) is 6.81. The Labute approximate surface area is 181 Å². The number of nitrogens with one attached hydrogen (secondary N) is 1. The molecule has 2 heterocycles. The lowest BCUT2D eigenvalue weighted by atomic mass is 10.1. The number of ether oxygens (including phenoxy) is 1. The monoisotopic (exact) mass is 440 g/mol. The van der Waals surface area contributed by atoms with E-state index in [0.29, 0.717) is 30.2 Å². The summed E-state index contributed by atoms with van der Waals surface area (Å²) in [5, 5.41) is 0. The molecule has 1 fully saturated rings. The molecule has 1 aromatic heterocycles. The van der Waals surface area contributed by atoms with E-state index in [2.05, 4.69) is 9.71 Å². The number of benzene rings is 2. The summed E-state index contributed by atoms with van der Waals surface area (Å²) in [6.07, 6.45) is 4.73. The summed E-state index contributed by atoms with van der Waals surface area (Å²) >= 11 is 0. The van der Waals surface area contributed by atoms with Gasteiger partial charge in [0.25, 0.3) is 0 Å². The number of rotatable bonds is 7. The van der Waals surface area contributed by atoms with Crippen molar-refractivity contribution in [1.29, 1.82) is 0 Å². The Bertz CT molecular complexity index is 1170. The largest absolute Gasteiger partial charge is 0.497 e. The molecule has 1 N–H and O–H groups in total. The number of hydrogen-bond donors (Lipinski definition) is 1. The van der Waals surface area contributed by atoms with Crippen LogP contribution in [0.25, 0.3) is 0 Å². The molecule has 1 aliphatic heterocycles. The van der Waals surface area contributed by atoms with E-state index in [1.165, 1.54) is 12.1 Å². The molecule has 1 atom stereocenters. The Kier molecular flexibility index (Phi) is 5.79. The van der Waals surface area contributed by atoms with Crippen molar-refractivity contribution < 1.29 is 17.9 Å². The maximum absolute atomic E-state index is 13.2. The number of carbonyl (C=O) groups is 1. The number of hydrogen-bond acceptors (Lipinski definition) is 5. The highest BCUT2D eigenvalue weighted by Crippen LogP contribution is 2.27. The van der Waals surface area contributed by atoms with Crippen molar-refractivity contribution in [2.24, 2.45) is 7.05 Å². The van der Waals surface area contributed by atoms with E-state index in [1.807, 2.05) is 19.2 Å². The van der Waals surface area contributed by atoms with Gasteiger partial charge in [-0.3, -0.25) is 4.79 Å². The van der Waals surface area contributed by atoms with Crippen molar-refractivity contribution in [3.05, 3.63) is 72.3 Å². The number of aromatic nitrogens is 2. The molecule has 9 heteroatoms. The van der Waals surface area contributed by atoms with Crippen LogP contribution < -0.4 is 14.4 Å². The summed E-state index contributed by atoms with van der Waals surface area (Å²) in [6.45, 7) is 0.655. The van der Waals surface area contributed by atoms with Crippen molar-refractivity contribution in [2.75, 3.05) is 18.6 Å². The van der Waals surface area contributed by atoms with Gasteiger partial charge in [0.1, 0.15) is 17.6 Å². The van der Waals surface area contributed by atoms with Gasteiger partial charge in [-0.15, -0.1) is 0 Å². The normalized spacial score (nSPS) is 15.3. The van der Waals surface area contributed by atoms with Crippen LogP contribution in [0.1, 0.15) is 30.3 Å². The Morgan fingerprint density at radius 1 is 1.10 bits per heavy atom. The quantitative estimate of drug-likeness (QED) is 0.610. The Hall–Kier alpha value is -3.17. The molecule has 31 heavy (non-hydrogen) atoms. The molecule has 1 aliphatic rings. The molecule has 0 bridgehead atoms. The summed E-state index contributed by atoms with van der Waals surface area (Å²) in [7, 11) is -0.467. The first-order chi connectivity index (χ1) is 14.9. The molecule has 1 unspecified atom stereocenters. The number of amides is 1. The molecular weight excluding hydrogens is 416 g/mol. The van der Waals surface area contributed by atoms with E-state index in [-0.39, 0.29) is 10.8 Å². The van der Waals surface area contributed by atoms with Gasteiger partial charge in [-0.25, -0.2) is 13.4 Å². The van der Waals surface area contributed by atoms with Crippen LogP contribution in [0.4, 0.5) is 5.69 Å². The zero-order chi connectivity index (χ0) is 22.0. The topological polar surface area (TPSA) is 93.5 Å². The van der Waals surface area contributed by atoms with Gasteiger partial charge in [-0.1, -0.05) is 12.1 Å². The third kappa shape index (κ3) is 4.33. The molecule has 1 amide bonds. The summed E-state index contributed by atoms with van der Waals surface area (Å²) in [5.41, 5.74) is 1.44. The zero-order valence-electron chi connectivity index (χ0n) is 17.4. The van der Waals surface area contributed by atoms with Crippen molar-refractivity contribution in [2.45, 2.75) is 23.8 Å². The number of aryl methyl sites for hydroxylation is 1. The van der Waals surface area contributed by atoms with E-state index in [1.54, 1.807) is 53.2 Å². The lowest BCUT2D eigenvalue weighted by Crippen LogP contribution is -2.31. The molecule has 4 rings (SSSR count). The van der Waals surface area contributed by atoms with Gasteiger partial charge in [0.15, 0.2) is 0 Å². The van der Waals surface area contributed by atoms with Crippen LogP contribution in [0, 0.1) is 0 Å². The van der Waals surface area contributed by atoms with Crippen LogP contribution in [0.15, 0.2) is 65.8 Å². The average Bonchev–Trinajstić information content (AvgIpc) is 3.40. The molecule has 0 aliphatic carbocycles. The Morgan fingerprint density at radius 2 is 1.81 bits per heavy atom. The fraction of sp³-hybridized carbons (Fsp3) is 0.273. The average molecular weight is 441 g/mol. The minimum atomic E-state index is -3.86. The van der Waals surface area contributed by atoms with Gasteiger partial charge in [0, 0.05) is 38.1 Å². The highest BCUT2D eigenvalue weighted by atomic mass is 32.2. The van der Waals surface area contributed by atoms with Gasteiger partial charge < -0.3 is 14.2 Å². The Balaban J connectivity index is 1.63. The van der Waals surface area contributed by atoms with Crippen LogP contribution >= 0.6 is 0 Å². The maximum atomic E-state index is 13.2. The molecule has 1 saturated heterocycles. The van der Waals surface area contributed by atoms with Gasteiger partial charge in [0.05, 0.1) is 12.0 Å². The van der Waals surface area contributed by atoms with Crippen LogP contribution in [0.5, 0.6) is 5.75 Å². The number of imidazole rings is 1. The number of carbonyl (C=O) groups excluding carboxylic acids is 1. The van der Waals surface area contributed by atoms with Crippen molar-refractivity contribution >= 4 is 21.6 Å². The molecule has 0 radical (unpaired) electrons. The van der Waals surface area contributed by atoms with Gasteiger partial charge in [0.2, 0.25) is 15.9 Å². The predicted octanol–water partition coefficient (Wildman–Crippen LogP) is 2.62.